The van der Waals surface area contributed by atoms with Crippen LogP contribution < -0.4 is 0 Å². The van der Waals surface area contributed by atoms with Crippen molar-refractivity contribution in [3.8, 4) is 0 Å². The van der Waals surface area contributed by atoms with Gasteiger partial charge in [-0.1, -0.05) is 84.4 Å². The number of H-pyrrole nitrogens is 1. The summed E-state index contributed by atoms with van der Waals surface area (Å²) in [6, 6.07) is 26.9. The smallest absolute Gasteiger partial charge is 0.293 e. The SMILES string of the molecule is O=[N+]([O-])c1cccc2c1[nH]c1c(Cl)cccc1c1ccccc1c1ccccc21. The summed E-state index contributed by atoms with van der Waals surface area (Å²) in [7, 11) is 0. The molecule has 0 bridgehead atoms. The summed E-state index contributed by atoms with van der Waals surface area (Å²) in [6.45, 7) is 0. The number of aromatic nitrogens is 1. The van der Waals surface area contributed by atoms with Crippen molar-refractivity contribution in [1.82, 2.24) is 4.98 Å². The molecule has 1 aromatic heterocycles. The van der Waals surface area contributed by atoms with Gasteiger partial charge < -0.3 is 4.98 Å². The highest BCUT2D eigenvalue weighted by atomic mass is 35.5. The largest absolute Gasteiger partial charge is 0.348 e. The lowest BCUT2D eigenvalue weighted by molar-refractivity contribution is -0.383. The summed E-state index contributed by atoms with van der Waals surface area (Å²) in [5.74, 6) is 0. The van der Waals surface area contributed by atoms with Crippen molar-refractivity contribution >= 4 is 60.6 Å². The predicted octanol–water partition coefficient (Wildman–Crippen LogP) is 7.31. The Kier molecular flexibility index (Phi) is 4.07. The van der Waals surface area contributed by atoms with Crippen LogP contribution >= 0.6 is 11.6 Å². The maximum Gasteiger partial charge on any atom is 0.293 e. The van der Waals surface area contributed by atoms with E-state index in [1.165, 1.54) is 6.07 Å². The molecule has 0 aliphatic heterocycles. The second-order valence-electron chi connectivity index (χ2n) is 6.84. The molecular weight excluding hydrogens is 384 g/mol. The lowest BCUT2D eigenvalue weighted by atomic mass is 10.0. The molecule has 4 aromatic carbocycles. The number of nitro benzene ring substituents is 1. The van der Waals surface area contributed by atoms with Gasteiger partial charge in [-0.25, -0.2) is 0 Å². The third kappa shape index (κ3) is 2.77. The zero-order chi connectivity index (χ0) is 20.0. The van der Waals surface area contributed by atoms with E-state index in [4.69, 9.17) is 11.6 Å². The third-order valence-corrected chi connectivity index (χ3v) is 5.54. The Hall–Kier alpha value is -3.63. The van der Waals surface area contributed by atoms with Gasteiger partial charge in [0.05, 0.1) is 15.5 Å². The van der Waals surface area contributed by atoms with Gasteiger partial charge in [-0.3, -0.25) is 10.1 Å². The quantitative estimate of drug-likeness (QED) is 0.237. The number of halogens is 1. The number of aromatic amines is 1. The van der Waals surface area contributed by atoms with Crippen LogP contribution in [0.3, 0.4) is 0 Å². The van der Waals surface area contributed by atoms with Crippen molar-refractivity contribution in [1.29, 1.82) is 0 Å². The first kappa shape index (κ1) is 17.5. The average molecular weight is 399 g/mol. The number of non-ortho nitro benzene ring substituents is 1. The van der Waals surface area contributed by atoms with Crippen LogP contribution in [0.5, 0.6) is 0 Å². The first-order valence-electron chi connectivity index (χ1n) is 9.17. The van der Waals surface area contributed by atoms with E-state index in [0.717, 1.165) is 32.3 Å². The van der Waals surface area contributed by atoms with Gasteiger partial charge in [0.25, 0.3) is 5.69 Å². The zero-order valence-electron chi connectivity index (χ0n) is 15.2. The van der Waals surface area contributed by atoms with Gasteiger partial charge in [0, 0.05) is 16.8 Å². The van der Waals surface area contributed by atoms with E-state index in [1.54, 1.807) is 12.1 Å². The molecule has 1 heterocycles. The van der Waals surface area contributed by atoms with Crippen molar-refractivity contribution in [2.75, 3.05) is 0 Å². The van der Waals surface area contributed by atoms with E-state index in [-0.39, 0.29) is 10.6 Å². The molecule has 0 spiro atoms. The summed E-state index contributed by atoms with van der Waals surface area (Å²) >= 11 is 6.57. The van der Waals surface area contributed by atoms with Crippen LogP contribution in [0.15, 0.2) is 84.9 Å². The fourth-order valence-corrected chi connectivity index (χ4v) is 4.18. The van der Waals surface area contributed by atoms with Gasteiger partial charge in [-0.05, 0) is 27.6 Å². The number of rotatable bonds is 1. The van der Waals surface area contributed by atoms with E-state index in [2.05, 4.69) is 11.1 Å². The molecule has 0 fully saturated rings. The maximum absolute atomic E-state index is 11.8. The molecular formula is C24H15ClN2O2. The van der Waals surface area contributed by atoms with Crippen LogP contribution in [-0.2, 0) is 0 Å². The van der Waals surface area contributed by atoms with Gasteiger partial charge in [0.1, 0.15) is 5.52 Å². The molecule has 0 saturated carbocycles. The Morgan fingerprint density at radius 3 is 1.62 bits per heavy atom. The molecule has 1 N–H and O–H groups in total. The lowest BCUT2D eigenvalue weighted by Gasteiger charge is -2.02. The Morgan fingerprint density at radius 2 is 1.07 bits per heavy atom. The Labute approximate surface area is 170 Å². The Balaban J connectivity index is 2.28. The number of hydrogen-bond acceptors (Lipinski definition) is 2. The highest BCUT2D eigenvalue weighted by molar-refractivity contribution is 6.36. The molecule has 0 aliphatic carbocycles. The van der Waals surface area contributed by atoms with Crippen molar-refractivity contribution < 1.29 is 4.92 Å². The summed E-state index contributed by atoms with van der Waals surface area (Å²) in [6.07, 6.45) is 0. The monoisotopic (exact) mass is 398 g/mol. The summed E-state index contributed by atoms with van der Waals surface area (Å²) in [5.41, 5.74) is 1.10. The lowest BCUT2D eigenvalue weighted by Crippen LogP contribution is -1.91. The van der Waals surface area contributed by atoms with Gasteiger partial charge in [-0.15, -0.1) is 0 Å². The van der Waals surface area contributed by atoms with Crippen molar-refractivity contribution in [2.45, 2.75) is 0 Å². The minimum absolute atomic E-state index is 0.00845. The van der Waals surface area contributed by atoms with E-state index in [9.17, 15) is 10.1 Å². The molecule has 5 aromatic rings. The van der Waals surface area contributed by atoms with Crippen LogP contribution in [-0.4, -0.2) is 9.91 Å². The second kappa shape index (κ2) is 6.76. The van der Waals surface area contributed by atoms with E-state index in [1.807, 2.05) is 60.7 Å². The molecule has 4 nitrogen and oxygen atoms in total. The summed E-state index contributed by atoms with van der Waals surface area (Å²) in [4.78, 5) is 14.8. The van der Waals surface area contributed by atoms with E-state index in [0.29, 0.717) is 16.1 Å². The van der Waals surface area contributed by atoms with E-state index >= 15 is 0 Å². The molecule has 0 atom stereocenters. The number of nitrogens with one attached hydrogen (secondary N) is 1. The molecule has 29 heavy (non-hydrogen) atoms. The first-order chi connectivity index (χ1) is 14.1. The Morgan fingerprint density at radius 1 is 0.621 bits per heavy atom. The van der Waals surface area contributed by atoms with Gasteiger partial charge in [0.15, 0.2) is 0 Å². The fourth-order valence-electron chi connectivity index (χ4n) is 3.95. The van der Waals surface area contributed by atoms with Crippen LogP contribution in [0.2, 0.25) is 5.02 Å². The van der Waals surface area contributed by atoms with Gasteiger partial charge in [0.2, 0.25) is 0 Å². The van der Waals surface area contributed by atoms with Crippen LogP contribution in [0.25, 0.3) is 43.4 Å². The van der Waals surface area contributed by atoms with Crippen molar-refractivity contribution in [2.24, 2.45) is 0 Å². The molecule has 0 radical (unpaired) electrons. The molecule has 0 aliphatic rings. The van der Waals surface area contributed by atoms with Crippen LogP contribution in [0, 0.1) is 10.1 Å². The van der Waals surface area contributed by atoms with Crippen molar-refractivity contribution in [3.63, 3.8) is 0 Å². The van der Waals surface area contributed by atoms with Gasteiger partial charge >= 0.3 is 0 Å². The number of nitro groups is 1. The Bertz CT molecular complexity index is 1500. The van der Waals surface area contributed by atoms with Crippen molar-refractivity contribution in [3.05, 3.63) is 100 Å². The number of hydrogen-bond donors (Lipinski definition) is 1. The minimum Gasteiger partial charge on any atom is -0.348 e. The molecule has 140 valence electrons. The molecule has 0 amide bonds. The first-order valence-corrected chi connectivity index (χ1v) is 9.55. The standard InChI is InChI=1S/C24H15ClN2O2/c25-21-13-5-11-19-17-9-3-1-7-15(17)16-8-2-4-10-18(16)20-12-6-14-22(27(28)29)24(20)26-23(19)21/h1-14,26H. The summed E-state index contributed by atoms with van der Waals surface area (Å²) in [5, 5.41) is 18.0. The third-order valence-electron chi connectivity index (χ3n) is 5.23. The molecule has 5 heteroatoms. The fraction of sp³-hybridized carbons (Fsp3) is 0. The van der Waals surface area contributed by atoms with Gasteiger partial charge in [-0.2, -0.15) is 0 Å². The highest BCUT2D eigenvalue weighted by Crippen LogP contribution is 2.35. The predicted molar refractivity (Wildman–Crippen MR) is 120 cm³/mol. The number of para-hydroxylation sites is 2. The second-order valence-corrected chi connectivity index (χ2v) is 7.24. The van der Waals surface area contributed by atoms with Crippen LogP contribution in [0.1, 0.15) is 0 Å². The topological polar surface area (TPSA) is 58.9 Å². The van der Waals surface area contributed by atoms with Crippen LogP contribution in [0.4, 0.5) is 5.69 Å². The molecule has 0 saturated heterocycles. The number of fused-ring (bicyclic) bond motifs is 7. The highest BCUT2D eigenvalue weighted by Gasteiger charge is 2.14. The maximum atomic E-state index is 11.8. The summed E-state index contributed by atoms with van der Waals surface area (Å²) < 4.78 is 0. The normalized spacial score (nSPS) is 11.2. The molecule has 0 unspecified atom stereocenters. The average Bonchev–Trinajstić information content (AvgIpc) is 2.79. The number of benzene rings is 4. The minimum atomic E-state index is -0.365. The zero-order valence-corrected chi connectivity index (χ0v) is 16.0. The molecule has 5 rings (SSSR count). The number of nitrogens with zero attached hydrogens (tertiary/aromatic N) is 1. The van der Waals surface area contributed by atoms with E-state index < -0.39 is 0 Å².